The monoisotopic (exact) mass is 393 g/mol. The number of anilines is 1. The second kappa shape index (κ2) is 6.84. The van der Waals surface area contributed by atoms with Crippen LogP contribution in [0.1, 0.15) is 31.9 Å². The van der Waals surface area contributed by atoms with Crippen LogP contribution in [0.5, 0.6) is 0 Å². The molecule has 5 atom stereocenters. The van der Waals surface area contributed by atoms with Gasteiger partial charge in [0.1, 0.15) is 0 Å². The van der Waals surface area contributed by atoms with E-state index in [1.807, 2.05) is 0 Å². The average molecular weight is 394 g/mol. The van der Waals surface area contributed by atoms with E-state index in [4.69, 9.17) is 0 Å². The van der Waals surface area contributed by atoms with Gasteiger partial charge in [-0.3, -0.25) is 0 Å². The summed E-state index contributed by atoms with van der Waals surface area (Å²) < 4.78 is 1.24. The van der Waals surface area contributed by atoms with Gasteiger partial charge < -0.3 is 4.90 Å². The van der Waals surface area contributed by atoms with Gasteiger partial charge in [0.15, 0.2) is 0 Å². The SMILES string of the molecule is CCN(CC1C(C)C(C)C2C=CSC21)c1c(C)cc(C)cc1Br. The van der Waals surface area contributed by atoms with E-state index in [1.165, 1.54) is 27.8 Å². The fourth-order valence-corrected chi connectivity index (χ4v) is 6.97. The van der Waals surface area contributed by atoms with Gasteiger partial charge in [-0.1, -0.05) is 26.0 Å². The Morgan fingerprint density at radius 1 is 1.17 bits per heavy atom. The molecule has 5 unspecified atom stereocenters. The molecule has 0 amide bonds. The second-order valence-electron chi connectivity index (χ2n) is 7.34. The van der Waals surface area contributed by atoms with Crippen molar-refractivity contribution in [3.8, 4) is 0 Å². The molecule has 1 aromatic carbocycles. The lowest BCUT2D eigenvalue weighted by Gasteiger charge is -2.33. The molecule has 1 nitrogen and oxygen atoms in total. The van der Waals surface area contributed by atoms with Crippen LogP contribution >= 0.6 is 27.7 Å². The second-order valence-corrected chi connectivity index (χ2v) is 9.28. The first-order chi connectivity index (χ1) is 10.9. The van der Waals surface area contributed by atoms with Crippen LogP contribution in [0.15, 0.2) is 28.1 Å². The fourth-order valence-electron chi connectivity index (χ4n) is 4.54. The average Bonchev–Trinajstić information content (AvgIpc) is 3.04. The summed E-state index contributed by atoms with van der Waals surface area (Å²) >= 11 is 5.88. The summed E-state index contributed by atoms with van der Waals surface area (Å²) in [5, 5.41) is 3.12. The van der Waals surface area contributed by atoms with Gasteiger partial charge in [0.2, 0.25) is 0 Å². The van der Waals surface area contributed by atoms with Gasteiger partial charge in [-0.05, 0) is 83.0 Å². The maximum absolute atomic E-state index is 3.81. The van der Waals surface area contributed by atoms with Crippen molar-refractivity contribution < 1.29 is 0 Å². The first-order valence-corrected chi connectivity index (χ1v) is 10.5. The zero-order valence-corrected chi connectivity index (χ0v) is 17.2. The molecule has 1 saturated carbocycles. The van der Waals surface area contributed by atoms with Crippen LogP contribution < -0.4 is 4.90 Å². The highest BCUT2D eigenvalue weighted by atomic mass is 79.9. The van der Waals surface area contributed by atoms with Crippen molar-refractivity contribution in [1.82, 2.24) is 0 Å². The molecule has 0 aromatic heterocycles. The fraction of sp³-hybridized carbons (Fsp3) is 0.600. The molecule has 0 spiro atoms. The summed E-state index contributed by atoms with van der Waals surface area (Å²) in [5.74, 6) is 3.14. The van der Waals surface area contributed by atoms with Crippen molar-refractivity contribution >= 4 is 33.4 Å². The summed E-state index contributed by atoms with van der Waals surface area (Å²) in [7, 11) is 0. The molecular formula is C20H28BrNS. The van der Waals surface area contributed by atoms with E-state index < -0.39 is 0 Å². The smallest absolute Gasteiger partial charge is 0.0540 e. The van der Waals surface area contributed by atoms with Crippen LogP contribution in [0.4, 0.5) is 5.69 Å². The van der Waals surface area contributed by atoms with Crippen molar-refractivity contribution in [1.29, 1.82) is 0 Å². The van der Waals surface area contributed by atoms with E-state index in [2.05, 4.69) is 90.8 Å². The zero-order valence-electron chi connectivity index (χ0n) is 14.8. The van der Waals surface area contributed by atoms with E-state index in [0.717, 1.165) is 35.5 Å². The van der Waals surface area contributed by atoms with Crippen molar-refractivity contribution in [2.24, 2.45) is 23.7 Å². The van der Waals surface area contributed by atoms with Gasteiger partial charge in [0, 0.05) is 22.8 Å². The number of fused-ring (bicyclic) bond motifs is 1. The maximum Gasteiger partial charge on any atom is 0.0540 e. The number of thioether (sulfide) groups is 1. The normalized spacial score (nSPS) is 32.3. The number of benzene rings is 1. The summed E-state index contributed by atoms with van der Waals surface area (Å²) in [4.78, 5) is 2.59. The lowest BCUT2D eigenvalue weighted by Crippen LogP contribution is -2.35. The molecule has 3 heteroatoms. The summed E-state index contributed by atoms with van der Waals surface area (Å²) in [5.41, 5.74) is 4.09. The van der Waals surface area contributed by atoms with Crippen molar-refractivity contribution in [2.45, 2.75) is 39.9 Å². The Bertz CT molecular complexity index is 589. The Balaban J connectivity index is 1.86. The summed E-state index contributed by atoms with van der Waals surface area (Å²) in [6.45, 7) is 13.8. The molecule has 126 valence electrons. The molecule has 0 saturated heterocycles. The predicted octanol–water partition coefficient (Wildman–Crippen LogP) is 6.04. The molecule has 1 fully saturated rings. The minimum absolute atomic E-state index is 0.766. The molecule has 0 radical (unpaired) electrons. The molecule has 0 N–H and O–H groups in total. The van der Waals surface area contributed by atoms with Crippen LogP contribution in [0.2, 0.25) is 0 Å². The molecule has 1 aliphatic carbocycles. The minimum atomic E-state index is 0.766. The van der Waals surface area contributed by atoms with E-state index >= 15 is 0 Å². The number of nitrogens with zero attached hydrogens (tertiary/aromatic N) is 1. The molecular weight excluding hydrogens is 366 g/mol. The van der Waals surface area contributed by atoms with E-state index in [9.17, 15) is 0 Å². The summed E-state index contributed by atoms with van der Waals surface area (Å²) in [6.07, 6.45) is 2.46. The molecule has 23 heavy (non-hydrogen) atoms. The number of aryl methyl sites for hydroxylation is 2. The van der Waals surface area contributed by atoms with E-state index in [-0.39, 0.29) is 0 Å². The molecule has 0 bridgehead atoms. The van der Waals surface area contributed by atoms with Gasteiger partial charge >= 0.3 is 0 Å². The third-order valence-corrected chi connectivity index (χ3v) is 7.87. The minimum Gasteiger partial charge on any atom is -0.370 e. The van der Waals surface area contributed by atoms with Crippen LogP contribution in [-0.4, -0.2) is 18.3 Å². The third-order valence-electron chi connectivity index (χ3n) is 5.98. The highest BCUT2D eigenvalue weighted by molar-refractivity contribution is 9.10. The number of halogens is 1. The topological polar surface area (TPSA) is 3.24 Å². The lowest BCUT2D eigenvalue weighted by atomic mass is 9.90. The summed E-state index contributed by atoms with van der Waals surface area (Å²) in [6, 6.07) is 4.55. The first-order valence-electron chi connectivity index (χ1n) is 8.77. The van der Waals surface area contributed by atoms with Gasteiger partial charge in [-0.25, -0.2) is 0 Å². The van der Waals surface area contributed by atoms with Gasteiger partial charge in [0.05, 0.1) is 5.69 Å². The largest absolute Gasteiger partial charge is 0.370 e. The molecule has 1 aromatic rings. The number of hydrogen-bond acceptors (Lipinski definition) is 2. The van der Waals surface area contributed by atoms with E-state index in [1.54, 1.807) is 0 Å². The molecule has 1 aliphatic heterocycles. The molecule has 2 aliphatic rings. The molecule has 3 rings (SSSR count). The van der Waals surface area contributed by atoms with Crippen LogP contribution in [-0.2, 0) is 0 Å². The third kappa shape index (κ3) is 3.11. The van der Waals surface area contributed by atoms with Crippen molar-refractivity contribution in [3.63, 3.8) is 0 Å². The zero-order chi connectivity index (χ0) is 16.7. The highest BCUT2D eigenvalue weighted by Crippen LogP contribution is 2.52. The lowest BCUT2D eigenvalue weighted by molar-refractivity contribution is 0.348. The van der Waals surface area contributed by atoms with Gasteiger partial charge in [0.25, 0.3) is 0 Å². The van der Waals surface area contributed by atoms with Gasteiger partial charge in [-0.2, -0.15) is 0 Å². The quantitative estimate of drug-likeness (QED) is 0.613. The Morgan fingerprint density at radius 2 is 1.91 bits per heavy atom. The highest BCUT2D eigenvalue weighted by Gasteiger charge is 2.47. The first kappa shape index (κ1) is 17.4. The van der Waals surface area contributed by atoms with Gasteiger partial charge in [-0.15, -0.1) is 11.8 Å². The Morgan fingerprint density at radius 3 is 2.57 bits per heavy atom. The Kier molecular flexibility index (Phi) is 5.18. The van der Waals surface area contributed by atoms with Crippen molar-refractivity contribution in [3.05, 3.63) is 39.2 Å². The molecule has 1 heterocycles. The van der Waals surface area contributed by atoms with Crippen LogP contribution in [0.3, 0.4) is 0 Å². The van der Waals surface area contributed by atoms with Crippen molar-refractivity contribution in [2.75, 3.05) is 18.0 Å². The maximum atomic E-state index is 3.81. The predicted molar refractivity (Wildman–Crippen MR) is 107 cm³/mol. The Hall–Kier alpha value is -0.410. The van der Waals surface area contributed by atoms with E-state index in [0.29, 0.717) is 0 Å². The van der Waals surface area contributed by atoms with Crippen LogP contribution in [0.25, 0.3) is 0 Å². The number of rotatable bonds is 4. The van der Waals surface area contributed by atoms with Crippen LogP contribution in [0, 0.1) is 37.5 Å². The number of hydrogen-bond donors (Lipinski definition) is 0. The Labute approximate surface area is 154 Å². The standard InChI is InChI=1S/C20H28BrNS/c1-6-22(19-13(3)9-12(2)10-18(19)21)11-17-15(5)14(4)16-7-8-23-20(16)17/h7-10,14-17,20H,6,11H2,1-5H3. The number of allylic oxidation sites excluding steroid dienone is 1.